The minimum absolute atomic E-state index is 0.0297. The van der Waals surface area contributed by atoms with E-state index in [1.165, 1.54) is 24.3 Å². The first-order chi connectivity index (χ1) is 11.6. The molecule has 0 bridgehead atoms. The minimum Gasteiger partial charge on any atom is -0.486 e. The van der Waals surface area contributed by atoms with Crippen LogP contribution in [-0.2, 0) is 0 Å². The molecule has 2 aromatic rings. The van der Waals surface area contributed by atoms with E-state index in [0.717, 1.165) is 4.90 Å². The maximum Gasteiger partial charge on any atom is 0.337 e. The fourth-order valence-corrected chi connectivity index (χ4v) is 2.84. The fourth-order valence-electron chi connectivity index (χ4n) is 2.84. The van der Waals surface area contributed by atoms with Crippen LogP contribution in [0.4, 0.5) is 5.69 Å². The number of amides is 2. The molecular formula is C17H11NO6. The Kier molecular flexibility index (Phi) is 3.02. The quantitative estimate of drug-likeness (QED) is 0.848. The number of fused-ring (bicyclic) bond motifs is 2. The van der Waals surface area contributed by atoms with E-state index in [9.17, 15) is 19.5 Å². The molecule has 7 heteroatoms. The van der Waals surface area contributed by atoms with Crippen LogP contribution in [0.2, 0.25) is 0 Å². The zero-order chi connectivity index (χ0) is 16.8. The van der Waals surface area contributed by atoms with Crippen LogP contribution in [-0.4, -0.2) is 36.1 Å². The summed E-state index contributed by atoms with van der Waals surface area (Å²) in [5.74, 6) is -1.81. The molecule has 2 heterocycles. The van der Waals surface area contributed by atoms with E-state index in [1.807, 2.05) is 0 Å². The second-order valence-corrected chi connectivity index (χ2v) is 5.31. The SMILES string of the molecule is O=C(O)c1cc2c(cc1N1C(=O)c3ccccc3C1=O)OCCO2. The lowest BCUT2D eigenvalue weighted by Crippen LogP contribution is -2.31. The van der Waals surface area contributed by atoms with Crippen LogP contribution in [0.3, 0.4) is 0 Å². The number of ether oxygens (including phenoxy) is 2. The summed E-state index contributed by atoms with van der Waals surface area (Å²) in [5.41, 5.74) is 0.258. The average Bonchev–Trinajstić information content (AvgIpc) is 2.85. The molecule has 2 aliphatic heterocycles. The number of hydrogen-bond donors (Lipinski definition) is 1. The van der Waals surface area contributed by atoms with Gasteiger partial charge >= 0.3 is 5.97 Å². The third kappa shape index (κ3) is 1.95. The van der Waals surface area contributed by atoms with Gasteiger partial charge in [-0.05, 0) is 12.1 Å². The summed E-state index contributed by atoms with van der Waals surface area (Å²) in [6.07, 6.45) is 0. The number of carboxylic acids is 1. The van der Waals surface area contributed by atoms with Crippen LogP contribution in [0, 0.1) is 0 Å². The molecular weight excluding hydrogens is 314 g/mol. The maximum atomic E-state index is 12.6. The van der Waals surface area contributed by atoms with Crippen LogP contribution in [0.5, 0.6) is 11.5 Å². The minimum atomic E-state index is -1.27. The van der Waals surface area contributed by atoms with Gasteiger partial charge in [-0.1, -0.05) is 12.1 Å². The number of benzene rings is 2. The molecule has 2 amide bonds. The molecule has 0 atom stereocenters. The normalized spacial score (nSPS) is 15.4. The van der Waals surface area contributed by atoms with E-state index in [-0.39, 0.29) is 28.1 Å². The summed E-state index contributed by atoms with van der Waals surface area (Å²) in [7, 11) is 0. The topological polar surface area (TPSA) is 93.1 Å². The Balaban J connectivity index is 1.89. The van der Waals surface area contributed by atoms with Crippen LogP contribution in [0.25, 0.3) is 0 Å². The zero-order valence-electron chi connectivity index (χ0n) is 12.3. The van der Waals surface area contributed by atoms with Gasteiger partial charge in [-0.15, -0.1) is 0 Å². The van der Waals surface area contributed by atoms with E-state index in [0.29, 0.717) is 19.0 Å². The second-order valence-electron chi connectivity index (χ2n) is 5.31. The summed E-state index contributed by atoms with van der Waals surface area (Å²) in [6, 6.07) is 9.00. The van der Waals surface area contributed by atoms with Gasteiger partial charge in [0.2, 0.25) is 0 Å². The molecule has 0 aliphatic carbocycles. The predicted molar refractivity (Wildman–Crippen MR) is 82.0 cm³/mol. The van der Waals surface area contributed by atoms with Crippen molar-refractivity contribution in [3.8, 4) is 11.5 Å². The Bertz CT molecular complexity index is 869. The van der Waals surface area contributed by atoms with E-state index < -0.39 is 17.8 Å². The molecule has 0 fully saturated rings. The standard InChI is InChI=1S/C17H11NO6/c19-15-9-3-1-2-4-10(9)16(20)18(15)12-8-14-13(23-5-6-24-14)7-11(12)17(21)22/h1-4,7-8H,5-6H2,(H,21,22). The van der Waals surface area contributed by atoms with Crippen LogP contribution >= 0.6 is 0 Å². The van der Waals surface area contributed by atoms with Crippen LogP contribution in [0.15, 0.2) is 36.4 Å². The number of nitrogens with zero attached hydrogens (tertiary/aromatic N) is 1. The van der Waals surface area contributed by atoms with Gasteiger partial charge in [0.05, 0.1) is 22.4 Å². The molecule has 0 saturated carbocycles. The third-order valence-electron chi connectivity index (χ3n) is 3.93. The van der Waals surface area contributed by atoms with E-state index >= 15 is 0 Å². The van der Waals surface area contributed by atoms with Crippen molar-refractivity contribution in [2.75, 3.05) is 18.1 Å². The summed E-state index contributed by atoms with van der Waals surface area (Å²) >= 11 is 0. The first kappa shape index (κ1) is 14.3. The largest absolute Gasteiger partial charge is 0.486 e. The van der Waals surface area contributed by atoms with Gasteiger partial charge in [0.1, 0.15) is 13.2 Å². The molecule has 2 aromatic carbocycles. The van der Waals surface area contributed by atoms with Crippen LogP contribution in [0.1, 0.15) is 31.1 Å². The number of hydrogen-bond acceptors (Lipinski definition) is 5. The van der Waals surface area contributed by atoms with Gasteiger partial charge in [0.15, 0.2) is 11.5 Å². The number of carbonyl (C=O) groups is 3. The van der Waals surface area contributed by atoms with Gasteiger partial charge in [-0.2, -0.15) is 0 Å². The summed E-state index contributed by atoms with van der Waals surface area (Å²) < 4.78 is 10.8. The van der Waals surface area contributed by atoms with E-state index in [4.69, 9.17) is 9.47 Å². The lowest BCUT2D eigenvalue weighted by atomic mass is 10.1. The average molecular weight is 325 g/mol. The summed E-state index contributed by atoms with van der Waals surface area (Å²) in [6.45, 7) is 0.611. The molecule has 0 aromatic heterocycles. The van der Waals surface area contributed by atoms with Gasteiger partial charge in [0.25, 0.3) is 11.8 Å². The van der Waals surface area contributed by atoms with Crippen LogP contribution < -0.4 is 14.4 Å². The Hall–Kier alpha value is -3.35. The molecule has 0 saturated heterocycles. The van der Waals surface area contributed by atoms with Crippen molar-refractivity contribution in [2.45, 2.75) is 0 Å². The number of anilines is 1. The molecule has 0 spiro atoms. The van der Waals surface area contributed by atoms with E-state index in [2.05, 4.69) is 0 Å². The Morgan fingerprint density at radius 1 is 0.958 bits per heavy atom. The maximum absolute atomic E-state index is 12.6. The Morgan fingerprint density at radius 3 is 2.04 bits per heavy atom. The predicted octanol–water partition coefficient (Wildman–Crippen LogP) is 1.96. The van der Waals surface area contributed by atoms with Gasteiger partial charge in [-0.3, -0.25) is 9.59 Å². The highest BCUT2D eigenvalue weighted by molar-refractivity contribution is 6.35. The molecule has 24 heavy (non-hydrogen) atoms. The third-order valence-corrected chi connectivity index (χ3v) is 3.93. The van der Waals surface area contributed by atoms with Crippen molar-refractivity contribution in [1.82, 2.24) is 0 Å². The van der Waals surface area contributed by atoms with Crippen molar-refractivity contribution in [3.63, 3.8) is 0 Å². The van der Waals surface area contributed by atoms with Crippen molar-refractivity contribution in [1.29, 1.82) is 0 Å². The van der Waals surface area contributed by atoms with Crippen molar-refractivity contribution < 1.29 is 29.0 Å². The molecule has 2 aliphatic rings. The van der Waals surface area contributed by atoms with Gasteiger partial charge in [0, 0.05) is 12.1 Å². The first-order valence-electron chi connectivity index (χ1n) is 7.22. The van der Waals surface area contributed by atoms with Crippen molar-refractivity contribution in [2.24, 2.45) is 0 Å². The molecule has 0 unspecified atom stereocenters. The monoisotopic (exact) mass is 325 g/mol. The zero-order valence-corrected chi connectivity index (χ0v) is 12.3. The van der Waals surface area contributed by atoms with E-state index in [1.54, 1.807) is 12.1 Å². The molecule has 7 nitrogen and oxygen atoms in total. The fraction of sp³-hybridized carbons (Fsp3) is 0.118. The lowest BCUT2D eigenvalue weighted by Gasteiger charge is -2.23. The molecule has 4 rings (SSSR count). The number of carboxylic acid groups (broad SMARTS) is 1. The number of aromatic carboxylic acids is 1. The molecule has 1 N–H and O–H groups in total. The first-order valence-corrected chi connectivity index (χ1v) is 7.22. The molecule has 0 radical (unpaired) electrons. The van der Waals surface area contributed by atoms with Gasteiger partial charge < -0.3 is 14.6 Å². The number of imide groups is 1. The number of rotatable bonds is 2. The highest BCUT2D eigenvalue weighted by Gasteiger charge is 2.39. The smallest absolute Gasteiger partial charge is 0.337 e. The summed E-state index contributed by atoms with van der Waals surface area (Å²) in [4.78, 5) is 37.7. The second kappa shape index (κ2) is 5.09. The number of carbonyl (C=O) groups excluding carboxylic acids is 2. The highest BCUT2D eigenvalue weighted by atomic mass is 16.6. The highest BCUT2D eigenvalue weighted by Crippen LogP contribution is 2.39. The Labute approximate surface area is 136 Å². The summed E-state index contributed by atoms with van der Waals surface area (Å²) in [5, 5.41) is 9.47. The Morgan fingerprint density at radius 2 is 1.50 bits per heavy atom. The van der Waals surface area contributed by atoms with Gasteiger partial charge in [-0.25, -0.2) is 9.69 Å². The van der Waals surface area contributed by atoms with Crippen molar-refractivity contribution >= 4 is 23.5 Å². The van der Waals surface area contributed by atoms with Crippen molar-refractivity contribution in [3.05, 3.63) is 53.1 Å². The lowest BCUT2D eigenvalue weighted by molar-refractivity contribution is 0.0696. The molecule has 120 valence electrons.